The van der Waals surface area contributed by atoms with Gasteiger partial charge in [-0.1, -0.05) is 0 Å². The zero-order valence-electron chi connectivity index (χ0n) is 1.22. The van der Waals surface area contributed by atoms with Gasteiger partial charge in [-0.25, -0.2) is 0 Å². The van der Waals surface area contributed by atoms with Crippen LogP contribution in [0.25, 0.3) is 0 Å². The van der Waals surface area contributed by atoms with Crippen molar-refractivity contribution in [1.82, 2.24) is 0 Å². The maximum absolute atomic E-state index is 0. The Morgan fingerprint density at radius 2 is 0.500 bits per heavy atom. The topological polar surface area (TPSA) is 0 Å². The molecule has 0 aliphatic heterocycles. The summed E-state index contributed by atoms with van der Waals surface area (Å²) in [6.45, 7) is 0. The Morgan fingerprint density at radius 3 is 0.500 bits per heavy atom. The van der Waals surface area contributed by atoms with Crippen LogP contribution in [0.15, 0.2) is 0 Å². The molecular formula is H5BaF3. The van der Waals surface area contributed by atoms with E-state index in [-0.39, 0.29) is 63.0 Å². The standard InChI is InChI=1S/Ba.3FH.2H/h;3*1H;;. The zero-order chi connectivity index (χ0) is 0. The normalized spacial score (nSPS) is 0. The summed E-state index contributed by atoms with van der Waals surface area (Å²) < 4.78 is 0. The van der Waals surface area contributed by atoms with E-state index in [2.05, 4.69) is 0 Å². The monoisotopic (exact) mass is 200 g/mol. The van der Waals surface area contributed by atoms with Crippen molar-refractivity contribution in [1.29, 1.82) is 0 Å². The fourth-order valence-electron chi connectivity index (χ4n) is 0. The van der Waals surface area contributed by atoms with Crippen molar-refractivity contribution in [2.45, 2.75) is 0 Å². The molecule has 0 saturated heterocycles. The van der Waals surface area contributed by atoms with Gasteiger partial charge in [0.15, 0.2) is 0 Å². The van der Waals surface area contributed by atoms with Gasteiger partial charge < -0.3 is 0 Å². The molecule has 0 radical (unpaired) electrons. The molecule has 0 heterocycles. The van der Waals surface area contributed by atoms with Crippen LogP contribution >= 0.6 is 0 Å². The first-order valence-corrected chi connectivity index (χ1v) is 0. The molecular weight excluding hydrogens is 194 g/mol. The van der Waals surface area contributed by atoms with Crippen LogP contribution < -0.4 is 0 Å². The van der Waals surface area contributed by atoms with Crippen LogP contribution in [0, 0.1) is 0 Å². The summed E-state index contributed by atoms with van der Waals surface area (Å²) >= 11 is 0. The third-order valence-electron chi connectivity index (χ3n) is 0. The van der Waals surface area contributed by atoms with Crippen molar-refractivity contribution >= 4 is 48.9 Å². The van der Waals surface area contributed by atoms with Crippen LogP contribution in [-0.2, 0) is 0 Å². The van der Waals surface area contributed by atoms with Gasteiger partial charge in [0.1, 0.15) is 0 Å². The van der Waals surface area contributed by atoms with Crippen LogP contribution in [0.2, 0.25) is 0 Å². The summed E-state index contributed by atoms with van der Waals surface area (Å²) in [7, 11) is 0. The van der Waals surface area contributed by atoms with Crippen molar-refractivity contribution in [2.24, 2.45) is 0 Å². The second-order valence-electron chi connectivity index (χ2n) is 0. The van der Waals surface area contributed by atoms with Crippen molar-refractivity contribution in [3.63, 3.8) is 0 Å². The van der Waals surface area contributed by atoms with Gasteiger partial charge in [-0.05, 0) is 0 Å². The van der Waals surface area contributed by atoms with Crippen molar-refractivity contribution < 1.29 is 14.1 Å². The van der Waals surface area contributed by atoms with E-state index in [1.54, 1.807) is 0 Å². The maximum atomic E-state index is 0. The van der Waals surface area contributed by atoms with Crippen molar-refractivity contribution in [3.8, 4) is 0 Å². The van der Waals surface area contributed by atoms with Gasteiger partial charge in [-0.3, -0.25) is 14.1 Å². The average Bonchev–Trinajstić information content (AvgIpc) is 0. The van der Waals surface area contributed by atoms with Crippen LogP contribution in [0.3, 0.4) is 0 Å². The average molecular weight is 199 g/mol. The van der Waals surface area contributed by atoms with Crippen LogP contribution in [0.4, 0.5) is 14.1 Å². The molecule has 4 heavy (non-hydrogen) atoms. The number of halogens is 3. The summed E-state index contributed by atoms with van der Waals surface area (Å²) in [5, 5.41) is 0. The zero-order valence-corrected chi connectivity index (χ0v) is 1.22. The molecule has 0 amide bonds. The SMILES string of the molecule is F.F.F.[BaH2]. The Morgan fingerprint density at radius 1 is 0.500 bits per heavy atom. The predicted molar refractivity (Wildman–Crippen MR) is 16.1 cm³/mol. The van der Waals surface area contributed by atoms with E-state index in [9.17, 15) is 0 Å². The summed E-state index contributed by atoms with van der Waals surface area (Å²) in [5.41, 5.74) is 0. The van der Waals surface area contributed by atoms with E-state index in [1.165, 1.54) is 0 Å². The Kier molecular flexibility index (Phi) is 366. The molecule has 28 valence electrons. The Balaban J connectivity index is 0. The molecule has 0 aromatic rings. The minimum atomic E-state index is 0. The van der Waals surface area contributed by atoms with E-state index >= 15 is 0 Å². The molecule has 0 nitrogen and oxygen atoms in total. The van der Waals surface area contributed by atoms with Gasteiger partial charge >= 0.3 is 48.9 Å². The van der Waals surface area contributed by atoms with Gasteiger partial charge in [-0.15, -0.1) is 0 Å². The van der Waals surface area contributed by atoms with E-state index in [0.717, 1.165) is 0 Å². The third-order valence-corrected chi connectivity index (χ3v) is 0. The molecule has 0 bridgehead atoms. The van der Waals surface area contributed by atoms with Gasteiger partial charge in [0.05, 0.1) is 0 Å². The first kappa shape index (κ1) is 55.0. The van der Waals surface area contributed by atoms with Gasteiger partial charge in [0.25, 0.3) is 0 Å². The third kappa shape index (κ3) is 10.1. The second-order valence-corrected chi connectivity index (χ2v) is 0. The van der Waals surface area contributed by atoms with Gasteiger partial charge in [0, 0.05) is 0 Å². The Bertz CT molecular complexity index is 3.25. The molecule has 0 spiro atoms. The molecule has 0 atom stereocenters. The molecule has 4 heteroatoms. The molecule has 0 aliphatic carbocycles. The van der Waals surface area contributed by atoms with Crippen molar-refractivity contribution in [3.05, 3.63) is 0 Å². The second kappa shape index (κ2) is 26.6. The molecule has 0 fully saturated rings. The molecule has 0 saturated carbocycles. The molecule has 0 aliphatic rings. The van der Waals surface area contributed by atoms with E-state index in [0.29, 0.717) is 0 Å². The number of hydrogen-bond donors (Lipinski definition) is 0. The fourth-order valence-corrected chi connectivity index (χ4v) is 0. The summed E-state index contributed by atoms with van der Waals surface area (Å²) in [6.07, 6.45) is 0. The molecule has 0 N–H and O–H groups in total. The van der Waals surface area contributed by atoms with Crippen molar-refractivity contribution in [2.75, 3.05) is 0 Å². The quantitative estimate of drug-likeness (QED) is 0.463. The van der Waals surface area contributed by atoms with Gasteiger partial charge in [0.2, 0.25) is 0 Å². The molecule has 0 aromatic heterocycles. The van der Waals surface area contributed by atoms with E-state index in [1.807, 2.05) is 0 Å². The molecule has 0 aromatic carbocycles. The first-order valence-electron chi connectivity index (χ1n) is 0. The van der Waals surface area contributed by atoms with Crippen LogP contribution in [0.5, 0.6) is 0 Å². The summed E-state index contributed by atoms with van der Waals surface area (Å²) in [6, 6.07) is 0. The number of rotatable bonds is 0. The van der Waals surface area contributed by atoms with E-state index in [4.69, 9.17) is 0 Å². The predicted octanol–water partition coefficient (Wildman–Crippen LogP) is -0.459. The fraction of sp³-hybridized carbons (Fsp3) is 0. The van der Waals surface area contributed by atoms with E-state index < -0.39 is 0 Å². The summed E-state index contributed by atoms with van der Waals surface area (Å²) in [4.78, 5) is 0. The summed E-state index contributed by atoms with van der Waals surface area (Å²) in [5.74, 6) is 0. The Hall–Kier alpha value is 1.36. The van der Waals surface area contributed by atoms with Crippen LogP contribution in [-0.4, -0.2) is 48.9 Å². The van der Waals surface area contributed by atoms with Gasteiger partial charge in [-0.2, -0.15) is 0 Å². The minimum absolute atomic E-state index is 0. The van der Waals surface area contributed by atoms with Crippen LogP contribution in [0.1, 0.15) is 0 Å². The Labute approximate surface area is 62.1 Å². The molecule has 0 unspecified atom stereocenters. The molecule has 0 rings (SSSR count). The number of hydrogen-bond acceptors (Lipinski definition) is 0. The first-order chi connectivity index (χ1) is 0.